The third-order valence-corrected chi connectivity index (χ3v) is 7.53. The van der Waals surface area contributed by atoms with E-state index in [0.29, 0.717) is 16.2 Å². The Kier molecular flexibility index (Phi) is 5.46. The topological polar surface area (TPSA) is 114 Å². The zero-order valence-electron chi connectivity index (χ0n) is 16.4. The molecule has 1 saturated heterocycles. The predicted molar refractivity (Wildman–Crippen MR) is 114 cm³/mol. The van der Waals surface area contributed by atoms with E-state index in [4.69, 9.17) is 16.0 Å². The number of carbonyl (C=O) groups excluding carboxylic acids is 1. The Labute approximate surface area is 183 Å². The van der Waals surface area contributed by atoms with Crippen molar-refractivity contribution in [2.75, 3.05) is 26.2 Å². The van der Waals surface area contributed by atoms with Gasteiger partial charge in [0.2, 0.25) is 10.0 Å². The molecule has 0 N–H and O–H groups in total. The van der Waals surface area contributed by atoms with Crippen molar-refractivity contribution in [3.63, 3.8) is 0 Å². The third-order valence-electron chi connectivity index (χ3n) is 5.32. The number of halogens is 1. The van der Waals surface area contributed by atoms with Crippen LogP contribution in [0.1, 0.15) is 16.1 Å². The molecule has 9 nitrogen and oxygen atoms in total. The van der Waals surface area contributed by atoms with Gasteiger partial charge in [-0.1, -0.05) is 23.7 Å². The van der Waals surface area contributed by atoms with Crippen LogP contribution in [-0.2, 0) is 10.0 Å². The molecule has 1 amide bonds. The minimum absolute atomic E-state index is 0.0272. The maximum Gasteiger partial charge on any atom is 0.289 e. The number of sulfonamides is 1. The maximum atomic E-state index is 13.0. The van der Waals surface area contributed by atoms with E-state index in [-0.39, 0.29) is 48.4 Å². The van der Waals surface area contributed by atoms with Crippen molar-refractivity contribution in [2.45, 2.75) is 11.8 Å². The van der Waals surface area contributed by atoms with Gasteiger partial charge in [0.05, 0.1) is 14.8 Å². The van der Waals surface area contributed by atoms with Crippen molar-refractivity contribution in [1.82, 2.24) is 9.21 Å². The van der Waals surface area contributed by atoms with Crippen molar-refractivity contribution in [2.24, 2.45) is 0 Å². The van der Waals surface area contributed by atoms with Gasteiger partial charge < -0.3 is 9.32 Å². The van der Waals surface area contributed by atoms with Crippen molar-refractivity contribution < 1.29 is 22.6 Å². The van der Waals surface area contributed by atoms with E-state index in [1.54, 1.807) is 24.0 Å². The molecule has 0 spiro atoms. The van der Waals surface area contributed by atoms with Gasteiger partial charge >= 0.3 is 0 Å². The molecule has 1 fully saturated rings. The summed E-state index contributed by atoms with van der Waals surface area (Å²) in [5.41, 5.74) is 0.948. The summed E-state index contributed by atoms with van der Waals surface area (Å²) in [6.45, 7) is 2.37. The number of furan rings is 1. The van der Waals surface area contributed by atoms with E-state index in [9.17, 15) is 23.3 Å². The molecule has 1 aliphatic rings. The Balaban J connectivity index is 1.49. The fourth-order valence-electron chi connectivity index (χ4n) is 3.58. The molecule has 3 aromatic rings. The molecule has 1 aliphatic heterocycles. The molecule has 2 heterocycles. The highest BCUT2D eigenvalue weighted by Gasteiger charge is 2.32. The molecule has 0 saturated carbocycles. The number of piperazine rings is 1. The van der Waals surface area contributed by atoms with Crippen molar-refractivity contribution in [1.29, 1.82) is 0 Å². The molecule has 0 bridgehead atoms. The number of rotatable bonds is 4. The Bertz CT molecular complexity index is 1280. The number of nitro benzene ring substituents is 1. The second-order valence-corrected chi connectivity index (χ2v) is 9.47. The normalized spacial score (nSPS) is 15.4. The maximum absolute atomic E-state index is 13.0. The third kappa shape index (κ3) is 3.78. The van der Waals surface area contributed by atoms with Crippen LogP contribution in [-0.4, -0.2) is 54.6 Å². The van der Waals surface area contributed by atoms with Crippen LogP contribution in [0.2, 0.25) is 5.02 Å². The van der Waals surface area contributed by atoms with Gasteiger partial charge in [0.1, 0.15) is 0 Å². The summed E-state index contributed by atoms with van der Waals surface area (Å²) >= 11 is 6.16. The first-order valence-electron chi connectivity index (χ1n) is 9.41. The molecule has 0 unspecified atom stereocenters. The van der Waals surface area contributed by atoms with Gasteiger partial charge in [-0.25, -0.2) is 8.42 Å². The summed E-state index contributed by atoms with van der Waals surface area (Å²) < 4.78 is 32.7. The molecular weight excluding hydrogens is 446 g/mol. The lowest BCUT2D eigenvalue weighted by atomic mass is 10.1. The molecule has 2 aromatic carbocycles. The van der Waals surface area contributed by atoms with Crippen molar-refractivity contribution >= 4 is 44.2 Å². The van der Waals surface area contributed by atoms with E-state index >= 15 is 0 Å². The van der Waals surface area contributed by atoms with Crippen LogP contribution >= 0.6 is 11.6 Å². The first-order valence-corrected chi connectivity index (χ1v) is 11.2. The second-order valence-electron chi connectivity index (χ2n) is 7.12. The monoisotopic (exact) mass is 463 g/mol. The predicted octanol–water partition coefficient (Wildman–Crippen LogP) is 3.45. The van der Waals surface area contributed by atoms with Gasteiger partial charge in [-0.05, 0) is 25.1 Å². The van der Waals surface area contributed by atoms with Gasteiger partial charge in [-0.3, -0.25) is 14.9 Å². The van der Waals surface area contributed by atoms with Crippen molar-refractivity contribution in [3.05, 3.63) is 68.9 Å². The van der Waals surface area contributed by atoms with Crippen LogP contribution in [0.3, 0.4) is 0 Å². The lowest BCUT2D eigenvalue weighted by Crippen LogP contribution is -2.50. The van der Waals surface area contributed by atoms with Gasteiger partial charge in [0.15, 0.2) is 11.3 Å². The molecule has 0 atom stereocenters. The van der Waals surface area contributed by atoms with Gasteiger partial charge in [0, 0.05) is 49.3 Å². The Morgan fingerprint density at radius 2 is 1.74 bits per heavy atom. The van der Waals surface area contributed by atoms with E-state index in [0.717, 1.165) is 17.5 Å². The van der Waals surface area contributed by atoms with Crippen LogP contribution in [0.5, 0.6) is 0 Å². The quantitative estimate of drug-likeness (QED) is 0.432. The van der Waals surface area contributed by atoms with Crippen molar-refractivity contribution in [3.8, 4) is 0 Å². The summed E-state index contributed by atoms with van der Waals surface area (Å²) in [6, 6.07) is 10.0. The number of para-hydroxylation sites is 1. The smallest absolute Gasteiger partial charge is 0.289 e. The lowest BCUT2D eigenvalue weighted by molar-refractivity contribution is -0.384. The number of amides is 1. The SMILES string of the molecule is Cc1c(C(=O)N2CCN(S(=O)(=O)c3ccc([N+](=O)[O-])cc3)CC2)oc2c(Cl)cccc12. The number of nitro groups is 1. The summed E-state index contributed by atoms with van der Waals surface area (Å²) in [4.78, 5) is 24.7. The summed E-state index contributed by atoms with van der Waals surface area (Å²) in [7, 11) is -3.82. The number of benzene rings is 2. The van der Waals surface area contributed by atoms with Crippen LogP contribution in [0, 0.1) is 17.0 Å². The van der Waals surface area contributed by atoms with Crippen LogP contribution in [0.15, 0.2) is 51.8 Å². The molecule has 11 heteroatoms. The fourth-order valence-corrected chi connectivity index (χ4v) is 5.21. The standard InChI is InChI=1S/C20H18ClN3O6S/c1-13-16-3-2-4-17(21)19(16)30-18(13)20(25)22-9-11-23(12-10-22)31(28,29)15-7-5-14(6-8-15)24(26)27/h2-8H,9-12H2,1H3. The Morgan fingerprint density at radius 1 is 1.10 bits per heavy atom. The Hall–Kier alpha value is -2.95. The highest BCUT2D eigenvalue weighted by molar-refractivity contribution is 7.89. The number of non-ortho nitro benzene ring substituents is 1. The molecule has 0 radical (unpaired) electrons. The molecule has 0 aliphatic carbocycles. The number of carbonyl (C=O) groups is 1. The second kappa shape index (κ2) is 7.95. The van der Waals surface area contributed by atoms with Crippen LogP contribution < -0.4 is 0 Å². The van der Waals surface area contributed by atoms with E-state index in [2.05, 4.69) is 0 Å². The summed E-state index contributed by atoms with van der Waals surface area (Å²) in [6.07, 6.45) is 0. The molecular formula is C20H18ClN3O6S. The Morgan fingerprint density at radius 3 is 2.32 bits per heavy atom. The first-order chi connectivity index (χ1) is 14.7. The zero-order chi connectivity index (χ0) is 22.3. The lowest BCUT2D eigenvalue weighted by Gasteiger charge is -2.33. The average molecular weight is 464 g/mol. The van der Waals surface area contributed by atoms with E-state index < -0.39 is 14.9 Å². The zero-order valence-corrected chi connectivity index (χ0v) is 18.0. The van der Waals surface area contributed by atoms with Crippen LogP contribution in [0.25, 0.3) is 11.0 Å². The molecule has 162 valence electrons. The number of hydrogen-bond donors (Lipinski definition) is 0. The number of hydrogen-bond acceptors (Lipinski definition) is 6. The highest BCUT2D eigenvalue weighted by Crippen LogP contribution is 2.31. The van der Waals surface area contributed by atoms with Gasteiger partial charge in [-0.15, -0.1) is 0 Å². The average Bonchev–Trinajstić information content (AvgIpc) is 3.11. The minimum Gasteiger partial charge on any atom is -0.449 e. The minimum atomic E-state index is -3.82. The highest BCUT2D eigenvalue weighted by atomic mass is 35.5. The number of aryl methyl sites for hydroxylation is 1. The summed E-state index contributed by atoms with van der Waals surface area (Å²) in [5, 5.41) is 11.9. The number of fused-ring (bicyclic) bond motifs is 1. The largest absolute Gasteiger partial charge is 0.449 e. The fraction of sp³-hybridized carbons (Fsp3) is 0.250. The van der Waals surface area contributed by atoms with E-state index in [1.807, 2.05) is 6.07 Å². The molecule has 4 rings (SSSR count). The van der Waals surface area contributed by atoms with E-state index in [1.165, 1.54) is 16.4 Å². The van der Waals surface area contributed by atoms with Gasteiger partial charge in [-0.2, -0.15) is 4.31 Å². The number of nitrogens with zero attached hydrogens (tertiary/aromatic N) is 3. The first kappa shape index (κ1) is 21.3. The van der Waals surface area contributed by atoms with Gasteiger partial charge in [0.25, 0.3) is 11.6 Å². The molecule has 31 heavy (non-hydrogen) atoms. The summed E-state index contributed by atoms with van der Waals surface area (Å²) in [5.74, 6) is -0.132. The van der Waals surface area contributed by atoms with Crippen LogP contribution in [0.4, 0.5) is 5.69 Å². The molecule has 1 aromatic heterocycles.